The number of urea groups is 1. The summed E-state index contributed by atoms with van der Waals surface area (Å²) in [5, 5.41) is 17.7. The Morgan fingerprint density at radius 3 is 2.31 bits per heavy atom. The van der Waals surface area contributed by atoms with Gasteiger partial charge in [-0.05, 0) is 67.7 Å². The van der Waals surface area contributed by atoms with Crippen molar-refractivity contribution in [1.29, 1.82) is 0 Å². The van der Waals surface area contributed by atoms with Gasteiger partial charge in [0.05, 0.1) is 16.9 Å². The van der Waals surface area contributed by atoms with Crippen LogP contribution in [-0.4, -0.2) is 81.3 Å². The highest BCUT2D eigenvalue weighted by molar-refractivity contribution is 6.00. The first-order valence-electron chi connectivity index (χ1n) is 16.4. The molecule has 2 aromatic heterocycles. The van der Waals surface area contributed by atoms with E-state index in [0.717, 1.165) is 60.7 Å². The molecule has 3 aromatic carbocycles. The van der Waals surface area contributed by atoms with Gasteiger partial charge in [0, 0.05) is 78.8 Å². The van der Waals surface area contributed by atoms with Crippen LogP contribution < -0.4 is 27.0 Å². The molecule has 5 aromatic rings. The second-order valence-corrected chi connectivity index (χ2v) is 13.4. The molecular weight excluding hydrogens is 618 g/mol. The zero-order valence-corrected chi connectivity index (χ0v) is 28.3. The number of nitrogen functional groups attached to an aromatic ring is 1. The van der Waals surface area contributed by atoms with Gasteiger partial charge in [0.15, 0.2) is 0 Å². The van der Waals surface area contributed by atoms with Crippen molar-refractivity contribution in [2.75, 3.05) is 66.8 Å². The molecule has 0 bridgehead atoms. The van der Waals surface area contributed by atoms with Gasteiger partial charge in [0.1, 0.15) is 18.0 Å². The van der Waals surface area contributed by atoms with Crippen LogP contribution in [0.15, 0.2) is 79.1 Å². The molecule has 3 amide bonds. The predicted octanol–water partition coefficient (Wildman–Crippen LogP) is 5.66. The molecule has 1 fully saturated rings. The third-order valence-electron chi connectivity index (χ3n) is 8.41. The molecule has 1 aliphatic heterocycles. The molecule has 6 rings (SSSR count). The normalized spacial score (nSPS) is 14.0. The Bertz CT molecular complexity index is 1940. The fourth-order valence-electron chi connectivity index (χ4n) is 5.53. The van der Waals surface area contributed by atoms with E-state index in [1.807, 2.05) is 54.6 Å². The second kappa shape index (κ2) is 14.3. The first kappa shape index (κ1) is 33.4. The van der Waals surface area contributed by atoms with E-state index >= 15 is 0 Å². The summed E-state index contributed by atoms with van der Waals surface area (Å²) < 4.78 is 1.68. The van der Waals surface area contributed by atoms with E-state index in [1.165, 1.54) is 6.33 Å². The van der Waals surface area contributed by atoms with Crippen LogP contribution >= 0.6 is 0 Å². The number of anilines is 6. The Hall–Kier alpha value is -5.53. The fourth-order valence-corrected chi connectivity index (χ4v) is 5.53. The van der Waals surface area contributed by atoms with E-state index in [1.54, 1.807) is 22.9 Å². The summed E-state index contributed by atoms with van der Waals surface area (Å²) in [7, 11) is 2.12. The number of rotatable bonds is 9. The number of aromatic nitrogens is 4. The SMILES string of the molecule is CN1CCN(CCC(=O)Nc2ccc3ncnc(Nc4ccc(NC(=O)Nc5cc(C(C)(C)C)nn5-c5cccc(N)c5)cc4)c3c2)CC1. The molecule has 0 unspecified atom stereocenters. The summed E-state index contributed by atoms with van der Waals surface area (Å²) in [5.41, 5.74) is 10.8. The largest absolute Gasteiger partial charge is 0.399 e. The number of piperazine rings is 1. The van der Waals surface area contributed by atoms with Crippen LogP contribution in [0.5, 0.6) is 0 Å². The number of likely N-dealkylation sites (N-methyl/N-ethyl adjacent to an activating group) is 1. The third-order valence-corrected chi connectivity index (χ3v) is 8.41. The molecule has 13 heteroatoms. The first-order chi connectivity index (χ1) is 23.5. The van der Waals surface area contributed by atoms with Crippen molar-refractivity contribution in [1.82, 2.24) is 29.5 Å². The molecule has 0 spiro atoms. The van der Waals surface area contributed by atoms with E-state index in [0.29, 0.717) is 35.1 Å². The maximum atomic E-state index is 13.1. The quantitative estimate of drug-likeness (QED) is 0.126. The predicted molar refractivity (Wildman–Crippen MR) is 196 cm³/mol. The van der Waals surface area contributed by atoms with Gasteiger partial charge < -0.3 is 31.5 Å². The number of carbonyl (C=O) groups excluding carboxylic acids is 2. The molecule has 0 atom stereocenters. The Labute approximate surface area is 285 Å². The number of benzene rings is 3. The van der Waals surface area contributed by atoms with Gasteiger partial charge in [-0.1, -0.05) is 26.8 Å². The van der Waals surface area contributed by atoms with Crippen molar-refractivity contribution >= 4 is 57.2 Å². The lowest BCUT2D eigenvalue weighted by molar-refractivity contribution is -0.116. The van der Waals surface area contributed by atoms with Crippen LogP contribution in [0.25, 0.3) is 16.6 Å². The Kier molecular flexibility index (Phi) is 9.74. The van der Waals surface area contributed by atoms with Crippen LogP contribution in [0, 0.1) is 0 Å². The van der Waals surface area contributed by atoms with E-state index in [9.17, 15) is 9.59 Å². The average Bonchev–Trinajstić information content (AvgIpc) is 3.50. The van der Waals surface area contributed by atoms with Gasteiger partial charge in [0.25, 0.3) is 0 Å². The van der Waals surface area contributed by atoms with Crippen molar-refractivity contribution in [2.24, 2.45) is 0 Å². The number of nitrogens with two attached hydrogens (primary N) is 1. The smallest absolute Gasteiger partial charge is 0.324 e. The first-order valence-corrected chi connectivity index (χ1v) is 16.4. The standard InChI is InChI=1S/C36H43N11O2/c1-36(2,3)31-22-32(47(44-31)28-7-5-6-24(37)20-28)43-35(49)42-26-10-8-25(9-11-26)41-34-29-21-27(12-13-30(29)38-23-39-34)40-33(48)14-15-46-18-16-45(4)17-19-46/h5-13,20-23H,14-19,37H2,1-4H3,(H,40,48)(H,38,39,41)(H2,42,43,49). The topological polar surface area (TPSA) is 158 Å². The number of hydrogen-bond acceptors (Lipinski definition) is 9. The van der Waals surface area contributed by atoms with Crippen LogP contribution in [0.1, 0.15) is 32.9 Å². The highest BCUT2D eigenvalue weighted by atomic mass is 16.2. The summed E-state index contributed by atoms with van der Waals surface area (Å²) in [4.78, 5) is 39.3. The van der Waals surface area contributed by atoms with Crippen LogP contribution in [0.2, 0.25) is 0 Å². The zero-order chi connectivity index (χ0) is 34.5. The molecule has 3 heterocycles. The third kappa shape index (κ3) is 8.50. The number of nitrogens with one attached hydrogen (secondary N) is 4. The lowest BCUT2D eigenvalue weighted by atomic mass is 9.92. The Balaban J connectivity index is 1.09. The van der Waals surface area contributed by atoms with Gasteiger partial charge >= 0.3 is 6.03 Å². The highest BCUT2D eigenvalue weighted by Crippen LogP contribution is 2.28. The van der Waals surface area contributed by atoms with Gasteiger partial charge in [0.2, 0.25) is 5.91 Å². The van der Waals surface area contributed by atoms with Gasteiger partial charge in [-0.15, -0.1) is 0 Å². The Morgan fingerprint density at radius 2 is 1.57 bits per heavy atom. The summed E-state index contributed by atoms with van der Waals surface area (Å²) in [5.74, 6) is 1.09. The number of carbonyl (C=O) groups is 2. The monoisotopic (exact) mass is 661 g/mol. The van der Waals surface area contributed by atoms with Crippen molar-refractivity contribution in [3.8, 4) is 5.69 Å². The molecule has 254 valence electrons. The molecule has 6 N–H and O–H groups in total. The minimum absolute atomic E-state index is 0.0272. The minimum Gasteiger partial charge on any atom is -0.399 e. The lowest BCUT2D eigenvalue weighted by Gasteiger charge is -2.32. The van der Waals surface area contributed by atoms with E-state index in [2.05, 4.69) is 68.9 Å². The average molecular weight is 662 g/mol. The van der Waals surface area contributed by atoms with Crippen LogP contribution in [0.3, 0.4) is 0 Å². The molecule has 0 radical (unpaired) electrons. The fraction of sp³-hybridized carbons (Fsp3) is 0.306. The van der Waals surface area contributed by atoms with Crippen LogP contribution in [-0.2, 0) is 10.2 Å². The lowest BCUT2D eigenvalue weighted by Crippen LogP contribution is -2.45. The molecule has 1 saturated heterocycles. The maximum absolute atomic E-state index is 13.1. The molecular formula is C36H43N11O2. The summed E-state index contributed by atoms with van der Waals surface area (Å²) >= 11 is 0. The van der Waals surface area contributed by atoms with Crippen molar-refractivity contribution < 1.29 is 9.59 Å². The van der Waals surface area contributed by atoms with E-state index < -0.39 is 6.03 Å². The van der Waals surface area contributed by atoms with E-state index in [4.69, 9.17) is 10.8 Å². The summed E-state index contributed by atoms with van der Waals surface area (Å²) in [6, 6.07) is 21.7. The van der Waals surface area contributed by atoms with E-state index in [-0.39, 0.29) is 11.3 Å². The van der Waals surface area contributed by atoms with Crippen LogP contribution in [0.4, 0.5) is 39.2 Å². The number of nitrogens with zero attached hydrogens (tertiary/aromatic N) is 6. The Morgan fingerprint density at radius 1 is 0.837 bits per heavy atom. The molecule has 49 heavy (non-hydrogen) atoms. The minimum atomic E-state index is -0.411. The maximum Gasteiger partial charge on any atom is 0.324 e. The molecule has 13 nitrogen and oxygen atoms in total. The number of amides is 3. The number of fused-ring (bicyclic) bond motifs is 1. The molecule has 0 aliphatic carbocycles. The van der Waals surface area contributed by atoms with Gasteiger partial charge in [-0.2, -0.15) is 5.10 Å². The highest BCUT2D eigenvalue weighted by Gasteiger charge is 2.22. The molecule has 0 saturated carbocycles. The van der Waals surface area contributed by atoms with Crippen molar-refractivity contribution in [2.45, 2.75) is 32.6 Å². The summed E-state index contributed by atoms with van der Waals surface area (Å²) in [6.45, 7) is 10.9. The van der Waals surface area contributed by atoms with Crippen molar-refractivity contribution in [3.05, 3.63) is 84.8 Å². The van der Waals surface area contributed by atoms with Crippen molar-refractivity contribution in [3.63, 3.8) is 0 Å². The summed E-state index contributed by atoms with van der Waals surface area (Å²) in [6.07, 6.45) is 1.93. The van der Waals surface area contributed by atoms with Gasteiger partial charge in [-0.25, -0.2) is 19.4 Å². The second-order valence-electron chi connectivity index (χ2n) is 13.4. The molecule has 1 aliphatic rings. The zero-order valence-electron chi connectivity index (χ0n) is 28.3. The van der Waals surface area contributed by atoms with Gasteiger partial charge in [-0.3, -0.25) is 10.1 Å². The number of hydrogen-bond donors (Lipinski definition) is 5.